The first kappa shape index (κ1) is 12.2. The van der Waals surface area contributed by atoms with E-state index in [1.54, 1.807) is 4.90 Å². The summed E-state index contributed by atoms with van der Waals surface area (Å²) in [4.78, 5) is 27.1. The van der Waals surface area contributed by atoms with Gasteiger partial charge in [0.1, 0.15) is 0 Å². The summed E-state index contributed by atoms with van der Waals surface area (Å²) in [6.07, 6.45) is 0. The Kier molecular flexibility index (Phi) is 3.83. The first-order chi connectivity index (χ1) is 8.18. The van der Waals surface area contributed by atoms with Gasteiger partial charge < -0.3 is 20.4 Å². The largest absolute Gasteiger partial charge is 0.340 e. The molecule has 1 unspecified atom stereocenters. The zero-order chi connectivity index (χ0) is 12.3. The van der Waals surface area contributed by atoms with Gasteiger partial charge in [-0.2, -0.15) is 0 Å². The molecule has 6 nitrogen and oxygen atoms in total. The molecule has 0 spiro atoms. The first-order valence-electron chi connectivity index (χ1n) is 6.21. The number of nitrogens with zero attached hydrogens (tertiary/aromatic N) is 2. The number of rotatable bonds is 3. The summed E-state index contributed by atoms with van der Waals surface area (Å²) in [6.45, 7) is 7.09. The molecule has 0 aliphatic carbocycles. The summed E-state index contributed by atoms with van der Waals surface area (Å²) in [5.74, 6) is 0.0446. The Labute approximate surface area is 101 Å². The zero-order valence-electron chi connectivity index (χ0n) is 10.2. The van der Waals surface area contributed by atoms with E-state index in [0.29, 0.717) is 19.6 Å². The van der Waals surface area contributed by atoms with Gasteiger partial charge in [-0.3, -0.25) is 4.79 Å². The molecule has 0 radical (unpaired) electrons. The van der Waals surface area contributed by atoms with Crippen molar-refractivity contribution in [3.05, 3.63) is 0 Å². The van der Waals surface area contributed by atoms with Gasteiger partial charge in [-0.05, 0) is 0 Å². The van der Waals surface area contributed by atoms with Crippen LogP contribution in [-0.4, -0.2) is 67.6 Å². The average Bonchev–Trinajstić information content (AvgIpc) is 2.75. The molecule has 0 saturated carbocycles. The van der Waals surface area contributed by atoms with Crippen molar-refractivity contribution in [1.29, 1.82) is 0 Å². The second-order valence-electron chi connectivity index (χ2n) is 4.65. The average molecular weight is 240 g/mol. The Morgan fingerprint density at radius 2 is 2.00 bits per heavy atom. The molecule has 0 aromatic carbocycles. The van der Waals surface area contributed by atoms with Crippen LogP contribution in [-0.2, 0) is 4.79 Å². The molecule has 2 fully saturated rings. The minimum Gasteiger partial charge on any atom is -0.340 e. The first-order valence-corrected chi connectivity index (χ1v) is 6.21. The van der Waals surface area contributed by atoms with Crippen molar-refractivity contribution < 1.29 is 9.59 Å². The number of piperazine rings is 1. The highest BCUT2D eigenvalue weighted by Crippen LogP contribution is 2.08. The van der Waals surface area contributed by atoms with Gasteiger partial charge in [0, 0.05) is 45.8 Å². The number of amides is 3. The van der Waals surface area contributed by atoms with E-state index in [0.717, 1.165) is 26.2 Å². The molecule has 17 heavy (non-hydrogen) atoms. The molecule has 0 bridgehead atoms. The molecule has 2 saturated heterocycles. The third-order valence-electron chi connectivity index (χ3n) is 3.29. The van der Waals surface area contributed by atoms with Crippen LogP contribution in [0.25, 0.3) is 0 Å². The van der Waals surface area contributed by atoms with Crippen molar-refractivity contribution in [1.82, 2.24) is 20.4 Å². The number of nitrogens with one attached hydrogen (secondary N) is 2. The van der Waals surface area contributed by atoms with Crippen LogP contribution < -0.4 is 10.6 Å². The van der Waals surface area contributed by atoms with Gasteiger partial charge in [0.25, 0.3) is 0 Å². The van der Waals surface area contributed by atoms with Gasteiger partial charge >= 0.3 is 6.03 Å². The molecule has 6 heteroatoms. The van der Waals surface area contributed by atoms with E-state index in [1.807, 2.05) is 11.8 Å². The summed E-state index contributed by atoms with van der Waals surface area (Å²) in [5.41, 5.74) is 0. The lowest BCUT2D eigenvalue weighted by molar-refractivity contribution is -0.135. The Bertz CT molecular complexity index is 302. The summed E-state index contributed by atoms with van der Waals surface area (Å²) < 4.78 is 0. The zero-order valence-corrected chi connectivity index (χ0v) is 10.2. The number of urea groups is 1. The molecule has 2 N–H and O–H groups in total. The number of carbonyl (C=O) groups excluding carboxylic acids is 2. The van der Waals surface area contributed by atoms with Gasteiger partial charge in [0.15, 0.2) is 0 Å². The maximum absolute atomic E-state index is 12.1. The predicted octanol–water partition coefficient (Wildman–Crippen LogP) is -0.920. The molecule has 96 valence electrons. The Morgan fingerprint density at radius 1 is 1.29 bits per heavy atom. The molecule has 2 aliphatic heterocycles. The maximum atomic E-state index is 12.1. The minimum atomic E-state index is -0.114. The van der Waals surface area contributed by atoms with Crippen LogP contribution in [0.1, 0.15) is 6.92 Å². The lowest BCUT2D eigenvalue weighted by Crippen LogP contribution is -2.49. The standard InChI is InChI=1S/C11H20N4O2/c1-9(8-15-7-4-13-11(15)17)10(16)14-5-2-12-3-6-14/h9,12H,2-8H2,1H3,(H,13,17). The van der Waals surface area contributed by atoms with Crippen LogP contribution in [0.5, 0.6) is 0 Å². The Balaban J connectivity index is 1.83. The van der Waals surface area contributed by atoms with Crippen LogP contribution in [0.4, 0.5) is 4.79 Å². The fraction of sp³-hybridized carbons (Fsp3) is 0.818. The van der Waals surface area contributed by atoms with Gasteiger partial charge in [-0.25, -0.2) is 4.79 Å². The lowest BCUT2D eigenvalue weighted by Gasteiger charge is -2.30. The SMILES string of the molecule is CC(CN1CCNC1=O)C(=O)N1CCNCC1. The molecule has 0 aromatic heterocycles. The fourth-order valence-electron chi connectivity index (χ4n) is 2.29. The van der Waals surface area contributed by atoms with Crippen LogP contribution in [0.3, 0.4) is 0 Å². The molecular weight excluding hydrogens is 220 g/mol. The molecule has 2 aliphatic rings. The molecule has 0 aromatic rings. The topological polar surface area (TPSA) is 64.7 Å². The van der Waals surface area contributed by atoms with E-state index >= 15 is 0 Å². The highest BCUT2D eigenvalue weighted by Gasteiger charge is 2.27. The van der Waals surface area contributed by atoms with E-state index < -0.39 is 0 Å². The summed E-state index contributed by atoms with van der Waals surface area (Å²) in [5, 5.41) is 5.97. The monoisotopic (exact) mass is 240 g/mol. The van der Waals surface area contributed by atoms with Crippen molar-refractivity contribution >= 4 is 11.9 Å². The van der Waals surface area contributed by atoms with Crippen molar-refractivity contribution in [2.24, 2.45) is 5.92 Å². The maximum Gasteiger partial charge on any atom is 0.317 e. The van der Waals surface area contributed by atoms with Crippen molar-refractivity contribution in [2.75, 3.05) is 45.8 Å². The predicted molar refractivity (Wildman–Crippen MR) is 63.6 cm³/mol. The molecular formula is C11H20N4O2. The van der Waals surface area contributed by atoms with Crippen molar-refractivity contribution in [2.45, 2.75) is 6.92 Å². The van der Waals surface area contributed by atoms with E-state index in [9.17, 15) is 9.59 Å². The Hall–Kier alpha value is -1.30. The third kappa shape index (κ3) is 2.88. The second kappa shape index (κ2) is 5.35. The van der Waals surface area contributed by atoms with Crippen LogP contribution >= 0.6 is 0 Å². The Morgan fingerprint density at radius 3 is 2.59 bits per heavy atom. The van der Waals surface area contributed by atoms with Crippen molar-refractivity contribution in [3.63, 3.8) is 0 Å². The molecule has 3 amide bonds. The number of hydrogen-bond acceptors (Lipinski definition) is 3. The van der Waals surface area contributed by atoms with E-state index in [-0.39, 0.29) is 17.9 Å². The van der Waals surface area contributed by atoms with Gasteiger partial charge in [-0.15, -0.1) is 0 Å². The second-order valence-corrected chi connectivity index (χ2v) is 4.65. The normalized spacial score (nSPS) is 22.5. The van der Waals surface area contributed by atoms with E-state index in [1.165, 1.54) is 0 Å². The van der Waals surface area contributed by atoms with Crippen LogP contribution in [0.2, 0.25) is 0 Å². The van der Waals surface area contributed by atoms with Crippen LogP contribution in [0.15, 0.2) is 0 Å². The summed E-state index contributed by atoms with van der Waals surface area (Å²) in [6, 6.07) is -0.0510. The molecule has 2 heterocycles. The third-order valence-corrected chi connectivity index (χ3v) is 3.29. The highest BCUT2D eigenvalue weighted by atomic mass is 16.2. The number of carbonyl (C=O) groups is 2. The summed E-state index contributed by atoms with van der Waals surface area (Å²) >= 11 is 0. The molecule has 1 atom stereocenters. The van der Waals surface area contributed by atoms with Crippen molar-refractivity contribution in [3.8, 4) is 0 Å². The van der Waals surface area contributed by atoms with Gasteiger partial charge in [-0.1, -0.05) is 6.92 Å². The van der Waals surface area contributed by atoms with Gasteiger partial charge in [0.2, 0.25) is 5.91 Å². The van der Waals surface area contributed by atoms with Gasteiger partial charge in [0.05, 0.1) is 5.92 Å². The minimum absolute atomic E-state index is 0.0510. The quantitative estimate of drug-likeness (QED) is 0.670. The number of hydrogen-bond donors (Lipinski definition) is 2. The lowest BCUT2D eigenvalue weighted by atomic mass is 10.1. The fourth-order valence-corrected chi connectivity index (χ4v) is 2.29. The molecule has 2 rings (SSSR count). The summed E-state index contributed by atoms with van der Waals surface area (Å²) in [7, 11) is 0. The van der Waals surface area contributed by atoms with Crippen LogP contribution in [0, 0.1) is 5.92 Å². The van der Waals surface area contributed by atoms with E-state index in [2.05, 4.69) is 10.6 Å². The van der Waals surface area contributed by atoms with E-state index in [4.69, 9.17) is 0 Å². The highest BCUT2D eigenvalue weighted by molar-refractivity contribution is 5.81. The smallest absolute Gasteiger partial charge is 0.317 e.